The van der Waals surface area contributed by atoms with E-state index in [0.717, 1.165) is 44.1 Å². The fraction of sp³-hybridized carbons (Fsp3) is 0.368. The lowest BCUT2D eigenvalue weighted by molar-refractivity contribution is -0.121. The Morgan fingerprint density at radius 1 is 1.08 bits per heavy atom. The summed E-state index contributed by atoms with van der Waals surface area (Å²) >= 11 is 0. The van der Waals surface area contributed by atoms with Gasteiger partial charge in [-0.1, -0.05) is 36.4 Å². The average Bonchev–Trinajstić information content (AvgIpc) is 2.67. The van der Waals surface area contributed by atoms with Crippen LogP contribution in [-0.2, 0) is 22.5 Å². The number of anilines is 1. The Hall–Kier alpha value is -2.40. The predicted octanol–water partition coefficient (Wildman–Crippen LogP) is 2.17. The number of hydrogen-bond acceptors (Lipinski definition) is 4. The van der Waals surface area contributed by atoms with Gasteiger partial charge >= 0.3 is 0 Å². The largest absolute Gasteiger partial charge is 0.378 e. The molecule has 3 rings (SSSR count). The van der Waals surface area contributed by atoms with Gasteiger partial charge < -0.3 is 15.0 Å². The number of benzene rings is 1. The van der Waals surface area contributed by atoms with E-state index in [0.29, 0.717) is 13.0 Å². The van der Waals surface area contributed by atoms with E-state index >= 15 is 0 Å². The predicted molar refractivity (Wildman–Crippen MR) is 93.9 cm³/mol. The minimum absolute atomic E-state index is 0.0658. The molecule has 1 N–H and O–H groups in total. The quantitative estimate of drug-likeness (QED) is 0.884. The molecule has 0 bridgehead atoms. The first-order chi connectivity index (χ1) is 11.8. The van der Waals surface area contributed by atoms with Crippen molar-refractivity contribution in [3.63, 3.8) is 0 Å². The number of morpholine rings is 1. The second kappa shape index (κ2) is 8.45. The van der Waals surface area contributed by atoms with Crippen LogP contribution in [0.3, 0.4) is 0 Å². The van der Waals surface area contributed by atoms with Gasteiger partial charge in [-0.15, -0.1) is 0 Å². The fourth-order valence-corrected chi connectivity index (χ4v) is 2.69. The number of carbonyl (C=O) groups is 1. The smallest absolute Gasteiger partial charge is 0.220 e. The lowest BCUT2D eigenvalue weighted by Crippen LogP contribution is -2.36. The lowest BCUT2D eigenvalue weighted by atomic mass is 10.1. The lowest BCUT2D eigenvalue weighted by Gasteiger charge is -2.27. The molecule has 0 aliphatic carbocycles. The maximum Gasteiger partial charge on any atom is 0.220 e. The van der Waals surface area contributed by atoms with Crippen LogP contribution < -0.4 is 10.2 Å². The number of hydrogen-bond donors (Lipinski definition) is 1. The van der Waals surface area contributed by atoms with E-state index in [1.165, 1.54) is 5.56 Å². The molecule has 1 fully saturated rings. The molecule has 1 aliphatic rings. The van der Waals surface area contributed by atoms with Crippen LogP contribution in [-0.4, -0.2) is 37.2 Å². The number of aromatic nitrogens is 1. The maximum absolute atomic E-state index is 12.0. The zero-order valence-electron chi connectivity index (χ0n) is 13.8. The van der Waals surface area contributed by atoms with Crippen LogP contribution in [0.15, 0.2) is 48.7 Å². The number of rotatable bonds is 6. The number of aryl methyl sites for hydroxylation is 1. The number of carbonyl (C=O) groups excluding carboxylic acids is 1. The Labute approximate surface area is 142 Å². The van der Waals surface area contributed by atoms with Gasteiger partial charge in [0.05, 0.1) is 13.2 Å². The molecule has 1 aromatic heterocycles. The minimum Gasteiger partial charge on any atom is -0.378 e. The van der Waals surface area contributed by atoms with Gasteiger partial charge in [0, 0.05) is 32.3 Å². The summed E-state index contributed by atoms with van der Waals surface area (Å²) in [6.07, 6.45) is 3.10. The first-order valence-corrected chi connectivity index (χ1v) is 8.39. The molecule has 24 heavy (non-hydrogen) atoms. The summed E-state index contributed by atoms with van der Waals surface area (Å²) in [6, 6.07) is 14.1. The maximum atomic E-state index is 12.0. The van der Waals surface area contributed by atoms with E-state index < -0.39 is 0 Å². The Kier molecular flexibility index (Phi) is 5.80. The van der Waals surface area contributed by atoms with Crippen LogP contribution >= 0.6 is 0 Å². The molecular weight excluding hydrogens is 302 g/mol. The Bertz CT molecular complexity index is 637. The minimum atomic E-state index is 0.0658. The normalized spacial score (nSPS) is 14.4. The molecule has 0 radical (unpaired) electrons. The van der Waals surface area contributed by atoms with E-state index in [2.05, 4.69) is 15.2 Å². The third kappa shape index (κ3) is 4.80. The second-order valence-electron chi connectivity index (χ2n) is 5.89. The standard InChI is InChI=1S/C19H23N3O2/c23-19(9-7-16-4-2-1-3-5-16)21-15-17-6-8-18(20-14-17)22-10-12-24-13-11-22/h1-6,8,14H,7,9-13,15H2,(H,21,23). The summed E-state index contributed by atoms with van der Waals surface area (Å²) in [7, 11) is 0. The molecule has 1 saturated heterocycles. The molecule has 5 heteroatoms. The van der Waals surface area contributed by atoms with Crippen LogP contribution in [0.5, 0.6) is 0 Å². The first-order valence-electron chi connectivity index (χ1n) is 8.39. The monoisotopic (exact) mass is 325 g/mol. The topological polar surface area (TPSA) is 54.5 Å². The first kappa shape index (κ1) is 16.5. The highest BCUT2D eigenvalue weighted by Crippen LogP contribution is 2.13. The second-order valence-corrected chi connectivity index (χ2v) is 5.89. The van der Waals surface area contributed by atoms with Gasteiger partial charge in [0.15, 0.2) is 0 Å². The molecule has 1 aliphatic heterocycles. The van der Waals surface area contributed by atoms with Crippen molar-refractivity contribution in [2.45, 2.75) is 19.4 Å². The van der Waals surface area contributed by atoms with Crippen molar-refractivity contribution in [2.24, 2.45) is 0 Å². The van der Waals surface area contributed by atoms with E-state index in [1.54, 1.807) is 0 Å². The van der Waals surface area contributed by atoms with Crippen molar-refractivity contribution in [2.75, 3.05) is 31.2 Å². The van der Waals surface area contributed by atoms with Gasteiger partial charge in [-0.05, 0) is 23.6 Å². The summed E-state index contributed by atoms with van der Waals surface area (Å²) < 4.78 is 5.35. The van der Waals surface area contributed by atoms with Crippen LogP contribution in [0.2, 0.25) is 0 Å². The summed E-state index contributed by atoms with van der Waals surface area (Å²) in [5.74, 6) is 1.04. The van der Waals surface area contributed by atoms with Crippen molar-refractivity contribution in [3.05, 3.63) is 59.8 Å². The van der Waals surface area contributed by atoms with E-state index in [-0.39, 0.29) is 5.91 Å². The molecule has 2 heterocycles. The van der Waals surface area contributed by atoms with Crippen LogP contribution in [0.25, 0.3) is 0 Å². The van der Waals surface area contributed by atoms with Gasteiger partial charge in [-0.3, -0.25) is 4.79 Å². The Morgan fingerprint density at radius 3 is 2.58 bits per heavy atom. The molecule has 126 valence electrons. The van der Waals surface area contributed by atoms with E-state index in [4.69, 9.17) is 4.74 Å². The summed E-state index contributed by atoms with van der Waals surface area (Å²) in [6.45, 7) is 3.77. The zero-order valence-corrected chi connectivity index (χ0v) is 13.8. The highest BCUT2D eigenvalue weighted by Gasteiger charge is 2.12. The molecular formula is C19H23N3O2. The molecule has 0 unspecified atom stereocenters. The van der Waals surface area contributed by atoms with Gasteiger partial charge in [0.25, 0.3) is 0 Å². The molecule has 1 aromatic carbocycles. The Morgan fingerprint density at radius 2 is 1.88 bits per heavy atom. The average molecular weight is 325 g/mol. The van der Waals surface area contributed by atoms with Crippen LogP contribution in [0, 0.1) is 0 Å². The molecule has 1 amide bonds. The summed E-state index contributed by atoms with van der Waals surface area (Å²) in [5.41, 5.74) is 2.20. The fourth-order valence-electron chi connectivity index (χ4n) is 2.69. The van der Waals surface area contributed by atoms with Crippen LogP contribution in [0.1, 0.15) is 17.5 Å². The van der Waals surface area contributed by atoms with E-state index in [1.807, 2.05) is 48.7 Å². The summed E-state index contributed by atoms with van der Waals surface area (Å²) in [5, 5.41) is 2.96. The molecule has 0 saturated carbocycles. The highest BCUT2D eigenvalue weighted by atomic mass is 16.5. The number of nitrogens with one attached hydrogen (secondary N) is 1. The van der Waals surface area contributed by atoms with Crippen LogP contribution in [0.4, 0.5) is 5.82 Å². The third-order valence-electron chi connectivity index (χ3n) is 4.12. The number of ether oxygens (including phenoxy) is 1. The van der Waals surface area contributed by atoms with Crippen molar-refractivity contribution >= 4 is 11.7 Å². The molecule has 0 spiro atoms. The molecule has 2 aromatic rings. The van der Waals surface area contributed by atoms with Crippen molar-refractivity contribution in [3.8, 4) is 0 Å². The molecule has 5 nitrogen and oxygen atoms in total. The number of amides is 1. The Balaban J connectivity index is 1.43. The SMILES string of the molecule is O=C(CCc1ccccc1)NCc1ccc(N2CCOCC2)nc1. The van der Waals surface area contributed by atoms with Gasteiger partial charge in [0.2, 0.25) is 5.91 Å². The third-order valence-corrected chi connectivity index (χ3v) is 4.12. The van der Waals surface area contributed by atoms with Gasteiger partial charge in [-0.25, -0.2) is 4.98 Å². The van der Waals surface area contributed by atoms with Crippen molar-refractivity contribution in [1.29, 1.82) is 0 Å². The van der Waals surface area contributed by atoms with E-state index in [9.17, 15) is 4.79 Å². The molecule has 0 atom stereocenters. The van der Waals surface area contributed by atoms with Gasteiger partial charge in [-0.2, -0.15) is 0 Å². The number of nitrogens with zero attached hydrogens (tertiary/aromatic N) is 2. The summed E-state index contributed by atoms with van der Waals surface area (Å²) in [4.78, 5) is 18.7. The van der Waals surface area contributed by atoms with Gasteiger partial charge in [0.1, 0.15) is 5.82 Å². The van der Waals surface area contributed by atoms with Crippen molar-refractivity contribution < 1.29 is 9.53 Å². The highest BCUT2D eigenvalue weighted by molar-refractivity contribution is 5.76. The number of pyridine rings is 1. The zero-order chi connectivity index (χ0) is 16.6. The van der Waals surface area contributed by atoms with Crippen molar-refractivity contribution in [1.82, 2.24) is 10.3 Å².